The van der Waals surface area contributed by atoms with Gasteiger partial charge in [-0.15, -0.1) is 0 Å². The summed E-state index contributed by atoms with van der Waals surface area (Å²) in [6.07, 6.45) is -2.07. The van der Waals surface area contributed by atoms with E-state index in [-0.39, 0.29) is 10.8 Å². The summed E-state index contributed by atoms with van der Waals surface area (Å²) in [5.41, 5.74) is 2.33. The molecule has 1 unspecified atom stereocenters. The Morgan fingerprint density at radius 3 is 2.73 bits per heavy atom. The van der Waals surface area contributed by atoms with E-state index in [4.69, 9.17) is 23.2 Å². The number of nitrogens with zero attached hydrogens (tertiary/aromatic N) is 2. The number of rotatable bonds is 5. The van der Waals surface area contributed by atoms with Crippen LogP contribution >= 0.6 is 23.2 Å². The Balaban J connectivity index is 1.74. The molecule has 1 aliphatic heterocycles. The number of benzene rings is 1. The summed E-state index contributed by atoms with van der Waals surface area (Å²) in [4.78, 5) is 17.4. The lowest BCUT2D eigenvalue weighted by Gasteiger charge is -2.21. The van der Waals surface area contributed by atoms with Crippen molar-refractivity contribution in [3.63, 3.8) is 0 Å². The topological polar surface area (TPSA) is 42.4 Å². The van der Waals surface area contributed by atoms with Gasteiger partial charge in [-0.3, -0.25) is 4.90 Å². The second kappa shape index (κ2) is 7.42. The molecule has 1 atom stereocenters. The van der Waals surface area contributed by atoms with Gasteiger partial charge in [-0.1, -0.05) is 29.3 Å². The molecule has 0 N–H and O–H groups in total. The van der Waals surface area contributed by atoms with Crippen molar-refractivity contribution in [3.8, 4) is 5.75 Å². The summed E-state index contributed by atoms with van der Waals surface area (Å²) in [5, 5.41) is 0.427. The molecule has 2 heterocycles. The van der Waals surface area contributed by atoms with Crippen LogP contribution in [0.2, 0.25) is 10.2 Å². The maximum absolute atomic E-state index is 12.2. The van der Waals surface area contributed by atoms with Gasteiger partial charge in [-0.2, -0.15) is 13.2 Å². The lowest BCUT2D eigenvalue weighted by Crippen LogP contribution is -2.22. The standard InChI is InChI=1S/C17H13Cl2F3N2O2/c18-13-5-10(1-2-15(13)26-9-17(20,21)22)6-24-7-12-11(14(24)8-25)3-4-23-16(12)19/h1-5,8,14H,6-7,9H2. The van der Waals surface area contributed by atoms with Crippen molar-refractivity contribution in [1.82, 2.24) is 9.88 Å². The zero-order valence-electron chi connectivity index (χ0n) is 13.3. The van der Waals surface area contributed by atoms with Crippen LogP contribution in [0.15, 0.2) is 30.5 Å². The number of pyridine rings is 1. The third kappa shape index (κ3) is 4.11. The summed E-state index contributed by atoms with van der Waals surface area (Å²) in [6.45, 7) is -0.602. The maximum Gasteiger partial charge on any atom is 0.422 e. The first-order valence-electron chi connectivity index (χ1n) is 7.59. The van der Waals surface area contributed by atoms with E-state index in [0.29, 0.717) is 18.2 Å². The molecule has 0 aliphatic carbocycles. The lowest BCUT2D eigenvalue weighted by molar-refractivity contribution is -0.153. The van der Waals surface area contributed by atoms with E-state index in [0.717, 1.165) is 23.0 Å². The smallest absolute Gasteiger partial charge is 0.422 e. The number of alkyl halides is 3. The number of halogens is 5. The summed E-state index contributed by atoms with van der Waals surface area (Å²) < 4.78 is 41.4. The molecule has 26 heavy (non-hydrogen) atoms. The lowest BCUT2D eigenvalue weighted by atomic mass is 10.1. The van der Waals surface area contributed by atoms with Gasteiger partial charge < -0.3 is 9.53 Å². The van der Waals surface area contributed by atoms with Gasteiger partial charge in [0.25, 0.3) is 0 Å². The van der Waals surface area contributed by atoms with Crippen LogP contribution in [0, 0.1) is 0 Å². The van der Waals surface area contributed by atoms with E-state index < -0.39 is 18.8 Å². The van der Waals surface area contributed by atoms with Crippen LogP contribution in [-0.2, 0) is 17.9 Å². The monoisotopic (exact) mass is 404 g/mol. The molecule has 0 amide bonds. The minimum absolute atomic E-state index is 0.0448. The molecule has 0 radical (unpaired) electrons. The van der Waals surface area contributed by atoms with E-state index in [1.165, 1.54) is 12.1 Å². The van der Waals surface area contributed by atoms with E-state index in [1.807, 2.05) is 4.90 Å². The van der Waals surface area contributed by atoms with Crippen LogP contribution < -0.4 is 4.74 Å². The second-order valence-corrected chi connectivity index (χ2v) is 6.59. The molecule has 0 saturated carbocycles. The second-order valence-electron chi connectivity index (χ2n) is 5.82. The first-order chi connectivity index (χ1) is 12.3. The van der Waals surface area contributed by atoms with Crippen molar-refractivity contribution < 1.29 is 22.7 Å². The van der Waals surface area contributed by atoms with Gasteiger partial charge >= 0.3 is 6.18 Å². The molecule has 3 rings (SSSR count). The van der Waals surface area contributed by atoms with Crippen molar-refractivity contribution in [1.29, 1.82) is 0 Å². The highest BCUT2D eigenvalue weighted by atomic mass is 35.5. The average Bonchev–Trinajstić information content (AvgIpc) is 2.92. The summed E-state index contributed by atoms with van der Waals surface area (Å²) >= 11 is 12.1. The molecular weight excluding hydrogens is 392 g/mol. The maximum atomic E-state index is 12.2. The number of hydrogen-bond donors (Lipinski definition) is 0. The fourth-order valence-electron chi connectivity index (χ4n) is 2.88. The van der Waals surface area contributed by atoms with E-state index in [2.05, 4.69) is 9.72 Å². The Kier molecular flexibility index (Phi) is 5.41. The van der Waals surface area contributed by atoms with Crippen molar-refractivity contribution in [2.45, 2.75) is 25.3 Å². The first kappa shape index (κ1) is 18.9. The minimum Gasteiger partial charge on any atom is -0.483 e. The number of carbonyl (C=O) groups is 1. The number of ether oxygens (including phenoxy) is 1. The predicted octanol–water partition coefficient (Wildman–Crippen LogP) is 4.59. The normalized spacial score (nSPS) is 17.2. The van der Waals surface area contributed by atoms with Crippen LogP contribution in [0.4, 0.5) is 13.2 Å². The molecule has 2 aromatic rings. The van der Waals surface area contributed by atoms with E-state index >= 15 is 0 Å². The molecule has 1 aromatic carbocycles. The summed E-state index contributed by atoms with van der Waals surface area (Å²) in [7, 11) is 0. The highest BCUT2D eigenvalue weighted by Gasteiger charge is 2.32. The number of fused-ring (bicyclic) bond motifs is 1. The third-order valence-corrected chi connectivity index (χ3v) is 4.64. The quantitative estimate of drug-likeness (QED) is 0.540. The Morgan fingerprint density at radius 1 is 1.31 bits per heavy atom. The summed E-state index contributed by atoms with van der Waals surface area (Å²) in [5.74, 6) is -0.0448. The zero-order valence-corrected chi connectivity index (χ0v) is 14.8. The van der Waals surface area contributed by atoms with Crippen LogP contribution in [-0.4, -0.2) is 29.0 Å². The highest BCUT2D eigenvalue weighted by Crippen LogP contribution is 2.37. The zero-order chi connectivity index (χ0) is 18.9. The third-order valence-electron chi connectivity index (χ3n) is 4.01. The van der Waals surface area contributed by atoms with Gasteiger partial charge in [0, 0.05) is 24.8 Å². The molecule has 0 saturated heterocycles. The molecule has 1 aliphatic rings. The van der Waals surface area contributed by atoms with Crippen LogP contribution in [0.3, 0.4) is 0 Å². The van der Waals surface area contributed by atoms with Crippen LogP contribution in [0.1, 0.15) is 22.7 Å². The Labute approximate surface area is 157 Å². The van der Waals surface area contributed by atoms with Crippen molar-refractivity contribution in [2.24, 2.45) is 0 Å². The van der Waals surface area contributed by atoms with Crippen molar-refractivity contribution in [2.75, 3.05) is 6.61 Å². The molecule has 9 heteroatoms. The molecule has 138 valence electrons. The largest absolute Gasteiger partial charge is 0.483 e. The number of aromatic nitrogens is 1. The molecule has 4 nitrogen and oxygen atoms in total. The Hall–Kier alpha value is -1.83. The van der Waals surface area contributed by atoms with E-state index in [1.54, 1.807) is 18.3 Å². The number of aldehydes is 1. The van der Waals surface area contributed by atoms with Gasteiger partial charge in [0.05, 0.1) is 11.1 Å². The highest BCUT2D eigenvalue weighted by molar-refractivity contribution is 6.32. The van der Waals surface area contributed by atoms with Crippen LogP contribution in [0.5, 0.6) is 5.75 Å². The predicted molar refractivity (Wildman–Crippen MR) is 90.3 cm³/mol. The van der Waals surface area contributed by atoms with Crippen molar-refractivity contribution in [3.05, 3.63) is 57.3 Å². The number of hydrogen-bond acceptors (Lipinski definition) is 4. The van der Waals surface area contributed by atoms with Gasteiger partial charge in [0.15, 0.2) is 6.61 Å². The fourth-order valence-corrected chi connectivity index (χ4v) is 3.36. The van der Waals surface area contributed by atoms with Crippen LogP contribution in [0.25, 0.3) is 0 Å². The Bertz CT molecular complexity index is 830. The van der Waals surface area contributed by atoms with E-state index in [9.17, 15) is 18.0 Å². The molecule has 0 bridgehead atoms. The fraction of sp³-hybridized carbons (Fsp3) is 0.294. The van der Waals surface area contributed by atoms with Gasteiger partial charge in [0.1, 0.15) is 17.2 Å². The number of carbonyl (C=O) groups excluding carboxylic acids is 1. The SMILES string of the molecule is O=CC1c2ccnc(Cl)c2CN1Cc1ccc(OCC(F)(F)F)c(Cl)c1. The first-order valence-corrected chi connectivity index (χ1v) is 8.34. The summed E-state index contributed by atoms with van der Waals surface area (Å²) in [6, 6.07) is 5.81. The van der Waals surface area contributed by atoms with Crippen molar-refractivity contribution >= 4 is 29.5 Å². The average molecular weight is 405 g/mol. The molecule has 1 aromatic heterocycles. The minimum atomic E-state index is -4.44. The molecular formula is C17H13Cl2F3N2O2. The Morgan fingerprint density at radius 2 is 2.08 bits per heavy atom. The van der Waals surface area contributed by atoms with Gasteiger partial charge in [0.2, 0.25) is 0 Å². The molecule has 0 fully saturated rings. The van der Waals surface area contributed by atoms with Gasteiger partial charge in [-0.05, 0) is 29.3 Å². The molecule has 0 spiro atoms. The van der Waals surface area contributed by atoms with Gasteiger partial charge in [-0.25, -0.2) is 4.98 Å².